The highest BCUT2D eigenvalue weighted by Gasteiger charge is 2.33. The molecule has 29 heavy (non-hydrogen) atoms. The van der Waals surface area contributed by atoms with E-state index in [2.05, 4.69) is 4.74 Å². The Morgan fingerprint density at radius 1 is 1.00 bits per heavy atom. The van der Waals surface area contributed by atoms with Crippen molar-refractivity contribution in [2.24, 2.45) is 0 Å². The van der Waals surface area contributed by atoms with Crippen LogP contribution >= 0.6 is 0 Å². The summed E-state index contributed by atoms with van der Waals surface area (Å²) in [5.74, 6) is -5.79. The Morgan fingerprint density at radius 3 is 2.14 bits per heavy atom. The molecule has 0 heterocycles. The van der Waals surface area contributed by atoms with E-state index < -0.39 is 56.4 Å². The number of carbonyl (C=O) groups is 2. The lowest BCUT2D eigenvalue weighted by Crippen LogP contribution is -2.22. The number of carbonyl (C=O) groups excluding carboxylic acids is 2. The Bertz CT molecular complexity index is 1000. The number of halogens is 5. The minimum absolute atomic E-state index is 0.248. The van der Waals surface area contributed by atoms with Gasteiger partial charge in [0.1, 0.15) is 0 Å². The average Bonchev–Trinajstić information content (AvgIpc) is 2.65. The van der Waals surface area contributed by atoms with E-state index in [9.17, 15) is 40.0 Å². The number of hydrogen-bond acceptors (Lipinski definition) is 5. The summed E-state index contributed by atoms with van der Waals surface area (Å²) in [6.45, 7) is -0.928. The van der Waals surface area contributed by atoms with Gasteiger partial charge in [0.25, 0.3) is 5.91 Å². The number of benzene rings is 2. The molecule has 1 N–H and O–H groups in total. The van der Waals surface area contributed by atoms with Gasteiger partial charge in [-0.05, 0) is 36.4 Å². The Kier molecular flexibility index (Phi) is 6.57. The summed E-state index contributed by atoms with van der Waals surface area (Å²) >= 11 is 0. The van der Waals surface area contributed by atoms with Crippen molar-refractivity contribution in [1.29, 1.82) is 0 Å². The maximum absolute atomic E-state index is 12.9. The number of rotatable bonds is 6. The maximum Gasteiger partial charge on any atom is 0.418 e. The van der Waals surface area contributed by atoms with Gasteiger partial charge in [-0.1, -0.05) is 12.1 Å². The van der Waals surface area contributed by atoms with Crippen LogP contribution in [0.5, 0.6) is 0 Å². The first-order valence-corrected chi connectivity index (χ1v) is 9.23. The van der Waals surface area contributed by atoms with Crippen molar-refractivity contribution in [3.8, 4) is 0 Å². The zero-order valence-electron chi connectivity index (χ0n) is 14.2. The highest BCUT2D eigenvalue weighted by atomic mass is 32.2. The van der Waals surface area contributed by atoms with Crippen molar-refractivity contribution >= 4 is 27.4 Å². The molecule has 2 rings (SSSR count). The molecular formula is C17H12F5NO5S. The molecule has 1 amide bonds. The number of hydrogen-bond donors (Lipinski definition) is 1. The summed E-state index contributed by atoms with van der Waals surface area (Å²) in [5.41, 5.74) is -1.86. The number of nitrogens with one attached hydrogen (secondary N) is 1. The molecule has 12 heteroatoms. The molecule has 0 bridgehead atoms. The van der Waals surface area contributed by atoms with E-state index in [1.165, 1.54) is 6.07 Å². The molecule has 0 radical (unpaired) electrons. The molecule has 6 nitrogen and oxygen atoms in total. The van der Waals surface area contributed by atoms with E-state index in [1.54, 1.807) is 0 Å². The summed E-state index contributed by atoms with van der Waals surface area (Å²) in [4.78, 5) is 22.9. The summed E-state index contributed by atoms with van der Waals surface area (Å²) in [5, 5.41) is 1.97. The average molecular weight is 437 g/mol. The van der Waals surface area contributed by atoms with Crippen molar-refractivity contribution in [1.82, 2.24) is 0 Å². The molecule has 156 valence electrons. The van der Waals surface area contributed by atoms with Gasteiger partial charge in [-0.3, -0.25) is 4.79 Å². The largest absolute Gasteiger partial charge is 0.452 e. The smallest absolute Gasteiger partial charge is 0.418 e. The maximum atomic E-state index is 12.9. The quantitative estimate of drug-likeness (QED) is 0.552. The third-order valence-electron chi connectivity index (χ3n) is 3.49. The van der Waals surface area contributed by atoms with Crippen LogP contribution in [0.15, 0.2) is 53.4 Å². The fraction of sp³-hybridized carbons (Fsp3) is 0.176. The van der Waals surface area contributed by atoms with Crippen LogP contribution < -0.4 is 5.32 Å². The highest BCUT2D eigenvalue weighted by Crippen LogP contribution is 2.34. The van der Waals surface area contributed by atoms with Gasteiger partial charge in [0.05, 0.1) is 21.7 Å². The van der Waals surface area contributed by atoms with Crippen LogP contribution in [0.1, 0.15) is 15.9 Å². The van der Waals surface area contributed by atoms with Gasteiger partial charge in [-0.15, -0.1) is 0 Å². The van der Waals surface area contributed by atoms with Crippen molar-refractivity contribution in [3.63, 3.8) is 0 Å². The highest BCUT2D eigenvalue weighted by molar-refractivity contribution is 7.91. The summed E-state index contributed by atoms with van der Waals surface area (Å²) in [6, 6.07) is 7.50. The van der Waals surface area contributed by atoms with Crippen LogP contribution in [0.4, 0.5) is 27.6 Å². The van der Waals surface area contributed by atoms with E-state index in [4.69, 9.17) is 0 Å². The van der Waals surface area contributed by atoms with Crippen LogP contribution in [0.3, 0.4) is 0 Å². The van der Waals surface area contributed by atoms with Gasteiger partial charge in [0.15, 0.2) is 6.61 Å². The Morgan fingerprint density at radius 2 is 1.59 bits per heavy atom. The van der Waals surface area contributed by atoms with E-state index in [0.717, 1.165) is 42.5 Å². The molecule has 0 aliphatic rings. The molecule has 2 aromatic carbocycles. The molecule has 0 fully saturated rings. The van der Waals surface area contributed by atoms with Crippen LogP contribution in [0.25, 0.3) is 0 Å². The number of anilines is 1. The van der Waals surface area contributed by atoms with Gasteiger partial charge in [-0.25, -0.2) is 13.2 Å². The lowest BCUT2D eigenvalue weighted by Gasteiger charge is -2.13. The topological polar surface area (TPSA) is 89.5 Å². The van der Waals surface area contributed by atoms with Gasteiger partial charge >= 0.3 is 17.9 Å². The van der Waals surface area contributed by atoms with Crippen molar-refractivity contribution < 1.29 is 44.7 Å². The third-order valence-corrected chi connectivity index (χ3v) is 4.89. The van der Waals surface area contributed by atoms with Crippen molar-refractivity contribution in [2.45, 2.75) is 16.8 Å². The minimum atomic E-state index is -4.84. The molecule has 0 aliphatic heterocycles. The summed E-state index contributed by atoms with van der Waals surface area (Å²) in [6.07, 6.45) is -4.71. The number of alkyl halides is 5. The second-order valence-electron chi connectivity index (χ2n) is 5.50. The van der Waals surface area contributed by atoms with Gasteiger partial charge in [-0.2, -0.15) is 22.0 Å². The molecule has 0 atom stereocenters. The predicted octanol–water partition coefficient (Wildman–Crippen LogP) is 3.50. The number of esters is 1. The molecule has 0 saturated carbocycles. The minimum Gasteiger partial charge on any atom is -0.452 e. The van der Waals surface area contributed by atoms with Crippen molar-refractivity contribution in [3.05, 3.63) is 59.7 Å². The zero-order valence-corrected chi connectivity index (χ0v) is 15.1. The van der Waals surface area contributed by atoms with Gasteiger partial charge < -0.3 is 10.1 Å². The second-order valence-corrected chi connectivity index (χ2v) is 7.42. The van der Waals surface area contributed by atoms with E-state index >= 15 is 0 Å². The van der Waals surface area contributed by atoms with Gasteiger partial charge in [0, 0.05) is 0 Å². The first-order chi connectivity index (χ1) is 13.4. The zero-order chi connectivity index (χ0) is 21.8. The number of amides is 1. The normalized spacial score (nSPS) is 11.9. The monoisotopic (exact) mass is 437 g/mol. The summed E-state index contributed by atoms with van der Waals surface area (Å²) < 4.78 is 90.8. The van der Waals surface area contributed by atoms with Gasteiger partial charge in [0.2, 0.25) is 9.84 Å². The molecule has 0 aromatic heterocycles. The van der Waals surface area contributed by atoms with Crippen LogP contribution in [-0.4, -0.2) is 32.7 Å². The molecule has 0 saturated heterocycles. The van der Waals surface area contributed by atoms with Crippen LogP contribution in [-0.2, 0) is 25.5 Å². The fourth-order valence-electron chi connectivity index (χ4n) is 2.12. The van der Waals surface area contributed by atoms with Crippen LogP contribution in [0, 0.1) is 0 Å². The van der Waals surface area contributed by atoms with E-state index in [-0.39, 0.29) is 5.56 Å². The third kappa shape index (κ3) is 5.50. The standard InChI is InChI=1S/C17H12F5NO5S/c18-16(19)29(26,27)11-7-5-10(6-8-11)15(25)28-9-14(24)23-13-4-2-1-3-12(13)17(20,21)22/h1-8,16H,9H2,(H,23,24). The SMILES string of the molecule is O=C(COC(=O)c1ccc(S(=O)(=O)C(F)F)cc1)Nc1ccccc1C(F)(F)F. The van der Waals surface area contributed by atoms with Crippen molar-refractivity contribution in [2.75, 3.05) is 11.9 Å². The molecular weight excluding hydrogens is 425 g/mol. The first kappa shape index (κ1) is 22.3. The van der Waals surface area contributed by atoms with Crippen LogP contribution in [0.2, 0.25) is 0 Å². The predicted molar refractivity (Wildman–Crippen MR) is 90.0 cm³/mol. The second kappa shape index (κ2) is 8.55. The Hall–Kier alpha value is -3.02. The molecule has 0 aliphatic carbocycles. The number of ether oxygens (including phenoxy) is 1. The number of sulfone groups is 1. The lowest BCUT2D eigenvalue weighted by atomic mass is 10.1. The lowest BCUT2D eigenvalue weighted by molar-refractivity contribution is -0.137. The first-order valence-electron chi connectivity index (χ1n) is 7.68. The summed E-state index contributed by atoms with van der Waals surface area (Å²) in [7, 11) is -4.84. The Balaban J connectivity index is 2.00. The molecule has 0 unspecified atom stereocenters. The van der Waals surface area contributed by atoms with E-state index in [1.807, 2.05) is 5.32 Å². The molecule has 0 spiro atoms. The fourth-order valence-corrected chi connectivity index (χ4v) is 2.84. The Labute approximate surface area is 161 Å². The van der Waals surface area contributed by atoms with E-state index in [0.29, 0.717) is 0 Å². The number of para-hydroxylation sites is 1. The molecule has 2 aromatic rings.